The standard InChI is InChI=1S/C27H28N4O6S/c1-27(2)12-18-23(19(32)13-27)22(15-5-10-20(36-3)21(11-15)37-4)24-25(29-14-30-26(24)33)31(18)16-6-8-17(9-7-16)38(28,34)35/h5-11,14,22H,12-13H2,1-4H3,(H2,28,34,35)(H,29,30,33). The topological polar surface area (TPSA) is 145 Å². The fourth-order valence-electron chi connectivity index (χ4n) is 5.37. The first-order valence-electron chi connectivity index (χ1n) is 11.9. The monoisotopic (exact) mass is 536 g/mol. The Bertz CT molecular complexity index is 1640. The molecule has 0 spiro atoms. The van der Waals surface area contributed by atoms with Gasteiger partial charge in [-0.2, -0.15) is 0 Å². The summed E-state index contributed by atoms with van der Waals surface area (Å²) in [4.78, 5) is 36.2. The highest BCUT2D eigenvalue weighted by molar-refractivity contribution is 7.89. The van der Waals surface area contributed by atoms with E-state index in [4.69, 9.17) is 14.6 Å². The first kappa shape index (κ1) is 25.7. The number of hydrogen-bond donors (Lipinski definition) is 2. The van der Waals surface area contributed by atoms with E-state index < -0.39 is 15.9 Å². The molecule has 3 aromatic rings. The number of methoxy groups -OCH3 is 2. The van der Waals surface area contributed by atoms with Gasteiger partial charge < -0.3 is 14.5 Å². The van der Waals surface area contributed by atoms with Gasteiger partial charge in [0.25, 0.3) is 5.56 Å². The van der Waals surface area contributed by atoms with E-state index in [2.05, 4.69) is 9.97 Å². The molecule has 10 nitrogen and oxygen atoms in total. The number of Topliss-reactive ketones (excluding diaryl/α,β-unsaturated/α-hetero) is 1. The highest BCUT2D eigenvalue weighted by Crippen LogP contribution is 2.52. The van der Waals surface area contributed by atoms with Crippen molar-refractivity contribution in [3.8, 4) is 11.5 Å². The fraction of sp³-hybridized carbons (Fsp3) is 0.296. The maximum Gasteiger partial charge on any atom is 0.257 e. The Kier molecular flexibility index (Phi) is 6.15. The minimum Gasteiger partial charge on any atom is -0.493 e. The lowest BCUT2D eigenvalue weighted by Gasteiger charge is -2.43. The summed E-state index contributed by atoms with van der Waals surface area (Å²) in [5, 5.41) is 5.30. The normalized spacial score (nSPS) is 18.6. The molecular weight excluding hydrogens is 508 g/mol. The molecule has 0 bridgehead atoms. The van der Waals surface area contributed by atoms with Crippen LogP contribution in [0.5, 0.6) is 11.5 Å². The van der Waals surface area contributed by atoms with Gasteiger partial charge in [0.2, 0.25) is 10.0 Å². The van der Waals surface area contributed by atoms with Crippen LogP contribution in [0.2, 0.25) is 0 Å². The van der Waals surface area contributed by atoms with Crippen LogP contribution in [0.25, 0.3) is 0 Å². The molecule has 1 atom stereocenters. The van der Waals surface area contributed by atoms with E-state index in [9.17, 15) is 18.0 Å². The molecule has 1 aliphatic heterocycles. The number of allylic oxidation sites excluding steroid dienone is 2. The highest BCUT2D eigenvalue weighted by Gasteiger charge is 2.45. The molecular formula is C27H28N4O6S. The number of primary sulfonamides is 1. The summed E-state index contributed by atoms with van der Waals surface area (Å²) in [7, 11) is -0.842. The van der Waals surface area contributed by atoms with Gasteiger partial charge in [0.05, 0.1) is 31.0 Å². The van der Waals surface area contributed by atoms with Crippen LogP contribution >= 0.6 is 0 Å². The molecule has 1 aliphatic carbocycles. The number of hydrogen-bond acceptors (Lipinski definition) is 8. The van der Waals surface area contributed by atoms with Gasteiger partial charge in [0.15, 0.2) is 17.3 Å². The van der Waals surface area contributed by atoms with E-state index in [1.807, 2.05) is 19.9 Å². The second-order valence-electron chi connectivity index (χ2n) is 10.2. The number of anilines is 2. The van der Waals surface area contributed by atoms with Crippen LogP contribution in [-0.4, -0.2) is 38.4 Å². The number of ketones is 1. The molecule has 0 radical (unpaired) electrons. The van der Waals surface area contributed by atoms with Crippen molar-refractivity contribution in [2.45, 2.75) is 37.5 Å². The van der Waals surface area contributed by atoms with Gasteiger partial charge in [-0.15, -0.1) is 0 Å². The van der Waals surface area contributed by atoms with Crippen molar-refractivity contribution in [2.75, 3.05) is 19.1 Å². The number of ether oxygens (including phenoxy) is 2. The Hall–Kier alpha value is -3.96. The summed E-state index contributed by atoms with van der Waals surface area (Å²) in [6, 6.07) is 11.3. The first-order chi connectivity index (χ1) is 17.9. The number of nitrogens with one attached hydrogen (secondary N) is 1. The number of carbonyl (C=O) groups excluding carboxylic acids is 1. The van der Waals surface area contributed by atoms with Crippen LogP contribution in [0.3, 0.4) is 0 Å². The predicted octanol–water partition coefficient (Wildman–Crippen LogP) is 3.36. The molecule has 2 aliphatic rings. The summed E-state index contributed by atoms with van der Waals surface area (Å²) in [5.41, 5.74) is 2.02. The number of carbonyl (C=O) groups is 1. The minimum atomic E-state index is -3.90. The Balaban J connectivity index is 1.81. The van der Waals surface area contributed by atoms with E-state index >= 15 is 0 Å². The van der Waals surface area contributed by atoms with Crippen LogP contribution in [0.15, 0.2) is 69.8 Å². The Morgan fingerprint density at radius 1 is 1.03 bits per heavy atom. The Morgan fingerprint density at radius 2 is 1.71 bits per heavy atom. The highest BCUT2D eigenvalue weighted by atomic mass is 32.2. The van der Waals surface area contributed by atoms with E-state index in [0.717, 1.165) is 0 Å². The van der Waals surface area contributed by atoms with Gasteiger partial charge in [-0.05, 0) is 53.8 Å². The lowest BCUT2D eigenvalue weighted by atomic mass is 9.68. The van der Waals surface area contributed by atoms with Crippen LogP contribution in [0.4, 0.5) is 11.5 Å². The second kappa shape index (κ2) is 9.10. The molecule has 198 valence electrons. The van der Waals surface area contributed by atoms with Crippen molar-refractivity contribution in [1.82, 2.24) is 9.97 Å². The number of sulfonamides is 1. The van der Waals surface area contributed by atoms with Crippen molar-refractivity contribution in [3.05, 3.63) is 81.5 Å². The van der Waals surface area contributed by atoms with Gasteiger partial charge in [-0.25, -0.2) is 18.5 Å². The summed E-state index contributed by atoms with van der Waals surface area (Å²) < 4.78 is 34.6. The van der Waals surface area contributed by atoms with Crippen LogP contribution < -0.4 is 25.1 Å². The summed E-state index contributed by atoms with van der Waals surface area (Å²) in [6.45, 7) is 4.03. The van der Waals surface area contributed by atoms with Crippen molar-refractivity contribution in [3.63, 3.8) is 0 Å². The third-order valence-corrected chi connectivity index (χ3v) is 7.92. The molecule has 2 heterocycles. The number of nitrogens with zero attached hydrogens (tertiary/aromatic N) is 2. The molecule has 5 rings (SSSR count). The fourth-order valence-corrected chi connectivity index (χ4v) is 5.88. The SMILES string of the molecule is COc1ccc(C2C3=C(CC(C)(C)CC3=O)N(c3ccc(S(N)(=O)=O)cc3)c3nc[nH]c(=O)c32)cc1OC. The van der Waals surface area contributed by atoms with Crippen molar-refractivity contribution in [1.29, 1.82) is 0 Å². The van der Waals surface area contributed by atoms with Gasteiger partial charge in [-0.3, -0.25) is 14.5 Å². The minimum absolute atomic E-state index is 0.0465. The largest absolute Gasteiger partial charge is 0.493 e. The molecule has 0 fully saturated rings. The van der Waals surface area contributed by atoms with Gasteiger partial charge >= 0.3 is 0 Å². The maximum absolute atomic E-state index is 13.8. The first-order valence-corrected chi connectivity index (χ1v) is 13.5. The smallest absolute Gasteiger partial charge is 0.257 e. The maximum atomic E-state index is 13.8. The van der Waals surface area contributed by atoms with E-state index in [-0.39, 0.29) is 21.7 Å². The van der Waals surface area contributed by atoms with Gasteiger partial charge in [0, 0.05) is 29.3 Å². The zero-order chi connectivity index (χ0) is 27.4. The second-order valence-corrected chi connectivity index (χ2v) is 11.8. The molecule has 2 aromatic carbocycles. The lowest BCUT2D eigenvalue weighted by molar-refractivity contribution is -0.118. The molecule has 0 amide bonds. The van der Waals surface area contributed by atoms with Crippen LogP contribution in [-0.2, 0) is 14.8 Å². The van der Waals surface area contributed by atoms with Crippen molar-refractivity contribution < 1.29 is 22.7 Å². The van der Waals surface area contributed by atoms with Crippen LogP contribution in [0.1, 0.15) is 43.7 Å². The van der Waals surface area contributed by atoms with Crippen molar-refractivity contribution in [2.24, 2.45) is 10.6 Å². The number of rotatable bonds is 5. The van der Waals surface area contributed by atoms with E-state index in [1.165, 1.54) is 32.7 Å². The number of H-pyrrole nitrogens is 1. The molecule has 3 N–H and O–H groups in total. The zero-order valence-electron chi connectivity index (χ0n) is 21.4. The number of benzene rings is 2. The zero-order valence-corrected chi connectivity index (χ0v) is 22.3. The number of aromatic nitrogens is 2. The predicted molar refractivity (Wildman–Crippen MR) is 141 cm³/mol. The average molecular weight is 537 g/mol. The molecule has 11 heteroatoms. The van der Waals surface area contributed by atoms with E-state index in [1.54, 1.807) is 29.2 Å². The summed E-state index contributed by atoms with van der Waals surface area (Å²) in [5.74, 6) is 0.589. The Morgan fingerprint density at radius 3 is 2.34 bits per heavy atom. The average Bonchev–Trinajstić information content (AvgIpc) is 2.86. The summed E-state index contributed by atoms with van der Waals surface area (Å²) >= 11 is 0. The Labute approximate surface area is 220 Å². The van der Waals surface area contributed by atoms with Gasteiger partial charge in [-0.1, -0.05) is 19.9 Å². The van der Waals surface area contributed by atoms with Crippen molar-refractivity contribution >= 4 is 27.3 Å². The van der Waals surface area contributed by atoms with E-state index in [0.29, 0.717) is 58.2 Å². The number of nitrogens with two attached hydrogens (primary N) is 1. The molecule has 0 saturated carbocycles. The molecule has 1 aromatic heterocycles. The molecule has 1 unspecified atom stereocenters. The third-order valence-electron chi connectivity index (χ3n) is 6.99. The number of aromatic amines is 1. The van der Waals surface area contributed by atoms with Gasteiger partial charge in [0.1, 0.15) is 5.82 Å². The molecule has 0 saturated heterocycles. The third kappa shape index (κ3) is 4.27. The lowest BCUT2D eigenvalue weighted by Crippen LogP contribution is -2.40. The molecule has 38 heavy (non-hydrogen) atoms. The number of fused-ring (bicyclic) bond motifs is 1. The summed E-state index contributed by atoms with van der Waals surface area (Å²) in [6.07, 6.45) is 2.16. The quantitative estimate of drug-likeness (QED) is 0.505. The van der Waals surface area contributed by atoms with Crippen LogP contribution in [0, 0.1) is 5.41 Å².